The van der Waals surface area contributed by atoms with Gasteiger partial charge in [-0.1, -0.05) is 0 Å². The van der Waals surface area contributed by atoms with Gasteiger partial charge in [0.25, 0.3) is 0 Å². The summed E-state index contributed by atoms with van der Waals surface area (Å²) in [6.07, 6.45) is -1.31. The molecule has 1 aliphatic heterocycles. The van der Waals surface area contributed by atoms with Crippen molar-refractivity contribution in [1.29, 1.82) is 0 Å². The van der Waals surface area contributed by atoms with Gasteiger partial charge >= 0.3 is 12.2 Å². The minimum atomic E-state index is -0.654. The highest BCUT2D eigenvalue weighted by Crippen LogP contribution is 2.16. The van der Waals surface area contributed by atoms with E-state index in [0.29, 0.717) is 6.54 Å². The average Bonchev–Trinajstić information content (AvgIpc) is 2.08. The second-order valence-electron chi connectivity index (χ2n) is 7.10. The van der Waals surface area contributed by atoms with E-state index in [-0.39, 0.29) is 5.92 Å². The van der Waals surface area contributed by atoms with Crippen LogP contribution in [0.3, 0.4) is 0 Å². The third-order valence-corrected chi connectivity index (χ3v) is 2.53. The lowest BCUT2D eigenvalue weighted by molar-refractivity contribution is -0.00289. The summed E-state index contributed by atoms with van der Waals surface area (Å²) in [7, 11) is 0. The van der Waals surface area contributed by atoms with E-state index in [1.54, 1.807) is 41.5 Å². The number of carbonyl (C=O) groups excluding carboxylic acids is 2. The molecule has 1 heterocycles. The van der Waals surface area contributed by atoms with E-state index < -0.39 is 23.4 Å². The van der Waals surface area contributed by atoms with Crippen LogP contribution in [0.15, 0.2) is 0 Å². The van der Waals surface area contributed by atoms with Crippen LogP contribution in [0.25, 0.3) is 0 Å². The Morgan fingerprint density at radius 3 is 1.65 bits per heavy atom. The Balaban J connectivity index is 2.73. The van der Waals surface area contributed by atoms with E-state index in [2.05, 4.69) is 5.32 Å². The maximum atomic E-state index is 12.1. The standard InChI is InChI=1S/C14H26N2O4/c1-13(2,3)19-11(17)16(9-10-7-15-8-10)12(18)20-14(4,5)6/h10,15H,7-9H2,1-6H3. The molecular weight excluding hydrogens is 260 g/mol. The number of carbonyl (C=O) groups is 2. The van der Waals surface area contributed by atoms with Crippen molar-refractivity contribution in [3.8, 4) is 0 Å². The van der Waals surface area contributed by atoms with Crippen molar-refractivity contribution in [3.63, 3.8) is 0 Å². The Morgan fingerprint density at radius 2 is 1.40 bits per heavy atom. The van der Waals surface area contributed by atoms with Gasteiger partial charge in [-0.05, 0) is 41.5 Å². The number of hydrogen-bond donors (Lipinski definition) is 1. The van der Waals surface area contributed by atoms with Crippen LogP contribution in [0.5, 0.6) is 0 Å². The molecular formula is C14H26N2O4. The Labute approximate surface area is 120 Å². The molecule has 0 unspecified atom stereocenters. The highest BCUT2D eigenvalue weighted by atomic mass is 16.6. The fraction of sp³-hybridized carbons (Fsp3) is 0.857. The lowest BCUT2D eigenvalue weighted by Gasteiger charge is -2.34. The Hall–Kier alpha value is -1.30. The van der Waals surface area contributed by atoms with Crippen LogP contribution >= 0.6 is 0 Å². The molecule has 6 heteroatoms. The van der Waals surface area contributed by atoms with Crippen LogP contribution in [0.4, 0.5) is 9.59 Å². The fourth-order valence-electron chi connectivity index (χ4n) is 1.59. The van der Waals surface area contributed by atoms with E-state index in [4.69, 9.17) is 9.47 Å². The first-order valence-corrected chi connectivity index (χ1v) is 6.92. The van der Waals surface area contributed by atoms with Gasteiger partial charge in [-0.15, -0.1) is 0 Å². The molecule has 0 aromatic rings. The lowest BCUT2D eigenvalue weighted by atomic mass is 10.0. The number of nitrogens with zero attached hydrogens (tertiary/aromatic N) is 1. The Morgan fingerprint density at radius 1 is 1.00 bits per heavy atom. The summed E-state index contributed by atoms with van der Waals surface area (Å²) >= 11 is 0. The zero-order chi connectivity index (χ0) is 15.6. The molecule has 116 valence electrons. The normalized spacial score (nSPS) is 16.3. The summed E-state index contributed by atoms with van der Waals surface area (Å²) in [6, 6.07) is 0. The zero-order valence-corrected chi connectivity index (χ0v) is 13.3. The molecule has 1 rings (SSSR count). The summed E-state index contributed by atoms with van der Waals surface area (Å²) in [6.45, 7) is 12.5. The highest BCUT2D eigenvalue weighted by Gasteiger charge is 2.34. The molecule has 0 aliphatic carbocycles. The first-order valence-electron chi connectivity index (χ1n) is 6.92. The van der Waals surface area contributed by atoms with Crippen molar-refractivity contribution in [2.45, 2.75) is 52.7 Å². The molecule has 1 fully saturated rings. The number of hydrogen-bond acceptors (Lipinski definition) is 5. The van der Waals surface area contributed by atoms with E-state index in [1.165, 1.54) is 0 Å². The summed E-state index contributed by atoms with van der Waals surface area (Å²) < 4.78 is 10.5. The average molecular weight is 286 g/mol. The van der Waals surface area contributed by atoms with Gasteiger partial charge < -0.3 is 14.8 Å². The van der Waals surface area contributed by atoms with Gasteiger partial charge in [0.2, 0.25) is 0 Å². The molecule has 0 aromatic carbocycles. The number of ether oxygens (including phenoxy) is 2. The summed E-state index contributed by atoms with van der Waals surface area (Å²) in [5, 5.41) is 3.11. The predicted molar refractivity (Wildman–Crippen MR) is 75.5 cm³/mol. The minimum Gasteiger partial charge on any atom is -0.443 e. The molecule has 6 nitrogen and oxygen atoms in total. The topological polar surface area (TPSA) is 67.9 Å². The van der Waals surface area contributed by atoms with E-state index in [9.17, 15) is 9.59 Å². The quantitative estimate of drug-likeness (QED) is 0.844. The largest absolute Gasteiger partial charge is 0.443 e. The van der Waals surface area contributed by atoms with Crippen LogP contribution in [0, 0.1) is 5.92 Å². The van der Waals surface area contributed by atoms with E-state index >= 15 is 0 Å². The number of nitrogens with one attached hydrogen (secondary N) is 1. The number of imide groups is 1. The van der Waals surface area contributed by atoms with Gasteiger partial charge in [0.1, 0.15) is 11.2 Å². The van der Waals surface area contributed by atoms with Crippen molar-refractivity contribution >= 4 is 12.2 Å². The second kappa shape index (κ2) is 5.99. The van der Waals surface area contributed by atoms with Crippen LogP contribution in [0.1, 0.15) is 41.5 Å². The third kappa shape index (κ3) is 5.77. The SMILES string of the molecule is CC(C)(C)OC(=O)N(CC1CNC1)C(=O)OC(C)(C)C. The van der Waals surface area contributed by atoms with Gasteiger partial charge in [0.15, 0.2) is 0 Å². The van der Waals surface area contributed by atoms with Crippen molar-refractivity contribution in [2.75, 3.05) is 19.6 Å². The van der Waals surface area contributed by atoms with Gasteiger partial charge in [0.05, 0.1) is 0 Å². The highest BCUT2D eigenvalue weighted by molar-refractivity contribution is 5.88. The minimum absolute atomic E-state index is 0.259. The van der Waals surface area contributed by atoms with E-state index in [1.807, 2.05) is 0 Å². The first kappa shape index (κ1) is 16.8. The molecule has 0 atom stereocenters. The van der Waals surface area contributed by atoms with Crippen molar-refractivity contribution in [1.82, 2.24) is 10.2 Å². The molecule has 0 spiro atoms. The van der Waals surface area contributed by atoms with Crippen LogP contribution < -0.4 is 5.32 Å². The molecule has 0 saturated carbocycles. The maximum absolute atomic E-state index is 12.1. The van der Waals surface area contributed by atoms with Gasteiger partial charge in [-0.3, -0.25) is 0 Å². The molecule has 0 aromatic heterocycles. The van der Waals surface area contributed by atoms with E-state index in [0.717, 1.165) is 18.0 Å². The number of rotatable bonds is 2. The molecule has 1 aliphatic rings. The van der Waals surface area contributed by atoms with Gasteiger partial charge in [-0.25, -0.2) is 14.5 Å². The Kier molecular flexibility index (Phi) is 5.02. The third-order valence-electron chi connectivity index (χ3n) is 2.53. The molecule has 1 saturated heterocycles. The van der Waals surface area contributed by atoms with Gasteiger partial charge in [0, 0.05) is 25.6 Å². The fourth-order valence-corrected chi connectivity index (χ4v) is 1.59. The number of amides is 2. The molecule has 0 radical (unpaired) electrons. The maximum Gasteiger partial charge on any atom is 0.419 e. The zero-order valence-electron chi connectivity index (χ0n) is 13.3. The summed E-state index contributed by atoms with van der Waals surface area (Å²) in [5.74, 6) is 0.259. The smallest absolute Gasteiger partial charge is 0.419 e. The molecule has 2 amide bonds. The van der Waals surface area contributed by atoms with Crippen LogP contribution in [0.2, 0.25) is 0 Å². The van der Waals surface area contributed by atoms with Crippen molar-refractivity contribution < 1.29 is 19.1 Å². The molecule has 20 heavy (non-hydrogen) atoms. The lowest BCUT2D eigenvalue weighted by Crippen LogP contribution is -2.52. The van der Waals surface area contributed by atoms with Crippen molar-refractivity contribution in [3.05, 3.63) is 0 Å². The predicted octanol–water partition coefficient (Wildman–Crippen LogP) is 2.38. The summed E-state index contributed by atoms with van der Waals surface area (Å²) in [5.41, 5.74) is -1.29. The second-order valence-corrected chi connectivity index (χ2v) is 7.10. The molecule has 1 N–H and O–H groups in total. The first-order chi connectivity index (χ1) is 8.98. The Bertz CT molecular complexity index is 336. The van der Waals surface area contributed by atoms with Gasteiger partial charge in [-0.2, -0.15) is 0 Å². The van der Waals surface area contributed by atoms with Crippen LogP contribution in [-0.4, -0.2) is 47.9 Å². The monoisotopic (exact) mass is 286 g/mol. The molecule has 0 bridgehead atoms. The van der Waals surface area contributed by atoms with Crippen molar-refractivity contribution in [2.24, 2.45) is 5.92 Å². The summed E-state index contributed by atoms with van der Waals surface area (Å²) in [4.78, 5) is 25.3. The van der Waals surface area contributed by atoms with Crippen LogP contribution in [-0.2, 0) is 9.47 Å².